The van der Waals surface area contributed by atoms with Crippen molar-refractivity contribution in [1.82, 2.24) is 30.7 Å². The van der Waals surface area contributed by atoms with E-state index in [1.54, 1.807) is 6.33 Å². The van der Waals surface area contributed by atoms with Gasteiger partial charge in [-0.2, -0.15) is 0 Å². The van der Waals surface area contributed by atoms with Gasteiger partial charge in [0.05, 0.1) is 0 Å². The van der Waals surface area contributed by atoms with E-state index < -0.39 is 0 Å². The molecule has 0 aliphatic carbocycles. The first-order chi connectivity index (χ1) is 14.7. The Labute approximate surface area is 202 Å². The number of aromatic nitrogens is 3. The Bertz CT molecular complexity index is 790. The van der Waals surface area contributed by atoms with Crippen LogP contribution in [0, 0.1) is 0 Å². The van der Waals surface area contributed by atoms with Gasteiger partial charge in [-0.05, 0) is 25.3 Å². The van der Waals surface area contributed by atoms with Crippen molar-refractivity contribution in [2.24, 2.45) is 4.99 Å². The first-order valence-corrected chi connectivity index (χ1v) is 10.9. The summed E-state index contributed by atoms with van der Waals surface area (Å²) in [5, 5.41) is 18.9. The van der Waals surface area contributed by atoms with Crippen molar-refractivity contribution in [1.29, 1.82) is 0 Å². The standard InChI is InChI=1S/C22H35N7O.HI/c1-4-20-28-26-17-29(20)13-12-24-21(23-3)25-16-22(10-14-30-15-11-22)27-18(2)19-8-6-5-7-9-19;/h5-9,17-18,27H,4,10-16H2,1-3H3,(H2,23,24,25);1H. The number of hydrogen-bond acceptors (Lipinski definition) is 5. The highest BCUT2D eigenvalue weighted by atomic mass is 127. The van der Waals surface area contributed by atoms with Crippen LogP contribution >= 0.6 is 24.0 Å². The van der Waals surface area contributed by atoms with E-state index in [-0.39, 0.29) is 35.6 Å². The fraction of sp³-hybridized carbons (Fsp3) is 0.591. The Kier molecular flexibility index (Phi) is 10.7. The van der Waals surface area contributed by atoms with Crippen molar-refractivity contribution in [2.45, 2.75) is 51.2 Å². The molecule has 0 amide bonds. The third-order valence-corrected chi connectivity index (χ3v) is 5.75. The lowest BCUT2D eigenvalue weighted by Crippen LogP contribution is -2.58. The summed E-state index contributed by atoms with van der Waals surface area (Å²) in [7, 11) is 1.81. The molecule has 1 aliphatic heterocycles. The average Bonchev–Trinajstić information content (AvgIpc) is 3.25. The van der Waals surface area contributed by atoms with Crippen molar-refractivity contribution in [2.75, 3.05) is 33.4 Å². The molecule has 1 aliphatic rings. The predicted molar refractivity (Wildman–Crippen MR) is 135 cm³/mol. The second-order valence-electron chi connectivity index (χ2n) is 7.82. The SMILES string of the molecule is CCc1nncn1CCNC(=NC)NCC1(NC(C)c2ccccc2)CCOCC1.I. The van der Waals surface area contributed by atoms with Gasteiger partial charge in [-0.25, -0.2) is 0 Å². The fourth-order valence-electron chi connectivity index (χ4n) is 3.93. The Morgan fingerprint density at radius 1 is 1.23 bits per heavy atom. The maximum Gasteiger partial charge on any atom is 0.191 e. The number of ether oxygens (including phenoxy) is 1. The third-order valence-electron chi connectivity index (χ3n) is 5.75. The Morgan fingerprint density at radius 2 is 1.97 bits per heavy atom. The topological polar surface area (TPSA) is 88.4 Å². The van der Waals surface area contributed by atoms with Crippen LogP contribution in [0.25, 0.3) is 0 Å². The lowest BCUT2D eigenvalue weighted by molar-refractivity contribution is 0.0355. The first-order valence-electron chi connectivity index (χ1n) is 10.9. The Hall–Kier alpha value is -1.72. The van der Waals surface area contributed by atoms with Gasteiger partial charge in [-0.1, -0.05) is 37.3 Å². The van der Waals surface area contributed by atoms with E-state index >= 15 is 0 Å². The molecule has 1 unspecified atom stereocenters. The molecule has 0 spiro atoms. The van der Waals surface area contributed by atoms with Gasteiger partial charge in [0, 0.05) is 57.9 Å². The predicted octanol–water partition coefficient (Wildman–Crippen LogP) is 2.52. The van der Waals surface area contributed by atoms with Gasteiger partial charge in [0.1, 0.15) is 12.2 Å². The lowest BCUT2D eigenvalue weighted by atomic mass is 9.88. The molecule has 8 nitrogen and oxygen atoms in total. The van der Waals surface area contributed by atoms with Gasteiger partial charge in [0.15, 0.2) is 5.96 Å². The van der Waals surface area contributed by atoms with Crippen molar-refractivity contribution in [3.05, 3.63) is 48.0 Å². The molecule has 2 aromatic rings. The van der Waals surface area contributed by atoms with E-state index in [1.807, 2.05) is 7.05 Å². The van der Waals surface area contributed by atoms with Crippen LogP contribution in [-0.4, -0.2) is 59.6 Å². The summed E-state index contributed by atoms with van der Waals surface area (Å²) in [6, 6.07) is 10.9. The summed E-state index contributed by atoms with van der Waals surface area (Å²) in [5.74, 6) is 1.81. The molecule has 1 fully saturated rings. The van der Waals surface area contributed by atoms with Gasteiger partial charge in [-0.15, -0.1) is 34.2 Å². The molecule has 1 atom stereocenters. The molecule has 0 radical (unpaired) electrons. The van der Waals surface area contributed by atoms with E-state index in [2.05, 4.69) is 79.9 Å². The zero-order valence-electron chi connectivity index (χ0n) is 18.8. The van der Waals surface area contributed by atoms with Gasteiger partial charge in [0.25, 0.3) is 0 Å². The number of nitrogens with zero attached hydrogens (tertiary/aromatic N) is 4. The maximum atomic E-state index is 5.64. The largest absolute Gasteiger partial charge is 0.381 e. The molecule has 3 N–H and O–H groups in total. The van der Waals surface area contributed by atoms with E-state index in [1.165, 1.54) is 5.56 Å². The number of aryl methyl sites for hydroxylation is 1. The first kappa shape index (κ1) is 25.5. The van der Waals surface area contributed by atoms with Crippen LogP contribution in [-0.2, 0) is 17.7 Å². The van der Waals surface area contributed by atoms with E-state index in [0.29, 0.717) is 0 Å². The molecule has 3 rings (SSSR count). The second-order valence-corrected chi connectivity index (χ2v) is 7.82. The molecule has 0 bridgehead atoms. The molecule has 1 saturated heterocycles. The Morgan fingerprint density at radius 3 is 2.65 bits per heavy atom. The highest BCUT2D eigenvalue weighted by Gasteiger charge is 2.34. The van der Waals surface area contributed by atoms with Gasteiger partial charge < -0.3 is 25.3 Å². The lowest BCUT2D eigenvalue weighted by Gasteiger charge is -2.41. The maximum absolute atomic E-state index is 5.64. The van der Waals surface area contributed by atoms with Crippen LogP contribution in [0.15, 0.2) is 41.7 Å². The molecule has 1 aromatic heterocycles. The quantitative estimate of drug-likeness (QED) is 0.257. The number of rotatable bonds is 9. The number of hydrogen-bond donors (Lipinski definition) is 3. The normalized spacial score (nSPS) is 16.9. The number of nitrogens with one attached hydrogen (secondary N) is 3. The number of halogens is 1. The van der Waals surface area contributed by atoms with E-state index in [9.17, 15) is 0 Å². The summed E-state index contributed by atoms with van der Waals surface area (Å²) < 4.78 is 7.72. The average molecular weight is 541 g/mol. The van der Waals surface area contributed by atoms with E-state index in [4.69, 9.17) is 4.74 Å². The van der Waals surface area contributed by atoms with Crippen LogP contribution < -0.4 is 16.0 Å². The van der Waals surface area contributed by atoms with Crippen molar-refractivity contribution >= 4 is 29.9 Å². The highest BCUT2D eigenvalue weighted by Crippen LogP contribution is 2.25. The van der Waals surface area contributed by atoms with Crippen LogP contribution in [0.5, 0.6) is 0 Å². The fourth-order valence-corrected chi connectivity index (χ4v) is 3.93. The molecule has 0 saturated carbocycles. The van der Waals surface area contributed by atoms with Crippen molar-refractivity contribution < 1.29 is 4.74 Å². The summed E-state index contributed by atoms with van der Waals surface area (Å²) >= 11 is 0. The van der Waals surface area contributed by atoms with Crippen molar-refractivity contribution in [3.8, 4) is 0 Å². The Balaban J connectivity index is 0.00000341. The second kappa shape index (κ2) is 13.0. The molecule has 2 heterocycles. The minimum absolute atomic E-state index is 0. The molecule has 1 aromatic carbocycles. The van der Waals surface area contributed by atoms with Gasteiger partial charge in [-0.3, -0.25) is 4.99 Å². The summed E-state index contributed by atoms with van der Waals surface area (Å²) in [6.45, 7) is 8.22. The number of guanidine groups is 1. The van der Waals surface area contributed by atoms with Crippen molar-refractivity contribution in [3.63, 3.8) is 0 Å². The zero-order valence-corrected chi connectivity index (χ0v) is 21.1. The zero-order chi connectivity index (χ0) is 21.2. The number of benzene rings is 1. The molecular weight excluding hydrogens is 505 g/mol. The van der Waals surface area contributed by atoms with Crippen LogP contribution in [0.4, 0.5) is 0 Å². The van der Waals surface area contributed by atoms with Crippen LogP contribution in [0.2, 0.25) is 0 Å². The van der Waals surface area contributed by atoms with Gasteiger partial charge in [0.2, 0.25) is 0 Å². The number of aliphatic imine (C=N–C) groups is 1. The monoisotopic (exact) mass is 541 g/mol. The van der Waals surface area contributed by atoms with Crippen LogP contribution in [0.3, 0.4) is 0 Å². The minimum Gasteiger partial charge on any atom is -0.381 e. The molecular formula is C22H36IN7O. The summed E-state index contributed by atoms with van der Waals surface area (Å²) in [5.41, 5.74) is 1.26. The molecule has 9 heteroatoms. The third kappa shape index (κ3) is 7.43. The highest BCUT2D eigenvalue weighted by molar-refractivity contribution is 14.0. The van der Waals surface area contributed by atoms with Gasteiger partial charge >= 0.3 is 0 Å². The minimum atomic E-state index is -0.0330. The molecule has 172 valence electrons. The smallest absolute Gasteiger partial charge is 0.191 e. The molecule has 31 heavy (non-hydrogen) atoms. The van der Waals surface area contributed by atoms with Crippen LogP contribution in [0.1, 0.15) is 44.1 Å². The summed E-state index contributed by atoms with van der Waals surface area (Å²) in [6.07, 6.45) is 4.59. The summed E-state index contributed by atoms with van der Waals surface area (Å²) in [4.78, 5) is 4.40. The van der Waals surface area contributed by atoms with E-state index in [0.717, 1.165) is 63.9 Å².